The number of aromatic nitrogens is 4. The largest absolute Gasteiger partial charge is 0.438 e. The Balaban J connectivity index is 1.49. The third-order valence-electron chi connectivity index (χ3n) is 7.39. The van der Waals surface area contributed by atoms with E-state index in [0.717, 1.165) is 27.6 Å². The van der Waals surface area contributed by atoms with Crippen LogP contribution in [0.1, 0.15) is 23.1 Å². The van der Waals surface area contributed by atoms with E-state index in [2.05, 4.69) is 31.8 Å². The number of aromatic amines is 1. The van der Waals surface area contributed by atoms with E-state index in [-0.39, 0.29) is 30.8 Å². The molecule has 0 aliphatic carbocycles. The number of carbonyl (C=O) groups is 2. The lowest BCUT2D eigenvalue weighted by Gasteiger charge is -2.40. The maximum atomic E-state index is 12.5. The summed E-state index contributed by atoms with van der Waals surface area (Å²) in [5, 5.41) is 11.4. The van der Waals surface area contributed by atoms with Gasteiger partial charge in [0, 0.05) is 64.1 Å². The molecule has 12 nitrogen and oxygen atoms in total. The molecule has 1 fully saturated rings. The molecule has 4 heterocycles. The first kappa shape index (κ1) is 27.6. The number of carbonyl (C=O) groups excluding carboxylic acids is 2. The summed E-state index contributed by atoms with van der Waals surface area (Å²) < 4.78 is 6.47. The van der Waals surface area contributed by atoms with Crippen LogP contribution in [0.15, 0.2) is 37.1 Å². The molecule has 212 valence electrons. The van der Waals surface area contributed by atoms with Gasteiger partial charge in [0.1, 0.15) is 17.6 Å². The Labute approximate surface area is 238 Å². The minimum absolute atomic E-state index is 0.00849. The molecule has 12 heteroatoms. The molecule has 41 heavy (non-hydrogen) atoms. The van der Waals surface area contributed by atoms with Crippen molar-refractivity contribution in [3.05, 3.63) is 65.2 Å². The average molecular weight is 556 g/mol. The van der Waals surface area contributed by atoms with Gasteiger partial charge in [0.15, 0.2) is 0 Å². The Morgan fingerprint density at radius 3 is 2.90 bits per heavy atom. The summed E-state index contributed by atoms with van der Waals surface area (Å²) in [5.74, 6) is 1.95. The first-order valence-electron chi connectivity index (χ1n) is 13.5. The summed E-state index contributed by atoms with van der Waals surface area (Å²) in [6.07, 6.45) is 5.93. The summed E-state index contributed by atoms with van der Waals surface area (Å²) >= 11 is 0. The second kappa shape index (κ2) is 11.7. The number of H-pyrrole nitrogens is 1. The zero-order valence-corrected chi connectivity index (χ0v) is 23.5. The van der Waals surface area contributed by atoms with E-state index in [1.54, 1.807) is 30.1 Å². The van der Waals surface area contributed by atoms with E-state index < -0.39 is 0 Å². The van der Waals surface area contributed by atoms with Gasteiger partial charge in [-0.25, -0.2) is 6.57 Å². The molecule has 1 saturated heterocycles. The summed E-state index contributed by atoms with van der Waals surface area (Å²) in [6.45, 7) is 15.0. The third-order valence-corrected chi connectivity index (χ3v) is 7.39. The van der Waals surface area contributed by atoms with Crippen LogP contribution in [0, 0.1) is 13.5 Å². The molecule has 0 spiro atoms. The van der Waals surface area contributed by atoms with Crippen molar-refractivity contribution in [3.8, 4) is 5.88 Å². The molecular formula is C29H33N9O3. The minimum Gasteiger partial charge on any atom is -0.438 e. The topological polar surface area (TPSA) is 124 Å². The molecule has 0 unspecified atom stereocenters. The van der Waals surface area contributed by atoms with Crippen LogP contribution in [0.2, 0.25) is 0 Å². The lowest BCUT2D eigenvalue weighted by atomic mass is 9.99. The predicted octanol–water partition coefficient (Wildman–Crippen LogP) is 2.65. The summed E-state index contributed by atoms with van der Waals surface area (Å²) in [5.41, 5.74) is 3.73. The van der Waals surface area contributed by atoms with Gasteiger partial charge in [-0.1, -0.05) is 12.6 Å². The van der Waals surface area contributed by atoms with E-state index in [0.29, 0.717) is 56.0 Å². The van der Waals surface area contributed by atoms with E-state index >= 15 is 0 Å². The van der Waals surface area contributed by atoms with Gasteiger partial charge < -0.3 is 29.6 Å². The van der Waals surface area contributed by atoms with Crippen LogP contribution >= 0.6 is 0 Å². The Hall–Kier alpha value is -4.92. The zero-order valence-electron chi connectivity index (χ0n) is 23.5. The second-order valence-corrected chi connectivity index (χ2v) is 10.3. The third kappa shape index (κ3) is 5.56. The van der Waals surface area contributed by atoms with Crippen molar-refractivity contribution in [2.24, 2.45) is 0 Å². The van der Waals surface area contributed by atoms with Crippen molar-refractivity contribution in [2.45, 2.75) is 25.8 Å². The molecule has 2 N–H and O–H groups in total. The standard InChI is InChI=1S/C29H33N9O3/c1-6-24(39)38-14-13-37(17-19(38)15-30-3)27-20-8-10-23(26-18(2)7-9-22-21(26)16-32-35-22)41-28(20)34-29(33-27)31-12-11-25(40)36(4)5/h6-7,9-10,16,19H,1,8,11-15,17H2,2,4-5H3,(H,32,35)(H,31,33,34)/t19-/m0/s1. The number of amides is 2. The van der Waals surface area contributed by atoms with Crippen molar-refractivity contribution in [3.63, 3.8) is 0 Å². The van der Waals surface area contributed by atoms with Crippen LogP contribution in [0.5, 0.6) is 5.88 Å². The van der Waals surface area contributed by atoms with Crippen molar-refractivity contribution in [2.75, 3.05) is 57.0 Å². The normalized spacial score (nSPS) is 16.3. The Bertz CT molecular complexity index is 1570. The van der Waals surface area contributed by atoms with Crippen molar-refractivity contribution >= 4 is 40.2 Å². The number of piperazine rings is 1. The van der Waals surface area contributed by atoms with Crippen LogP contribution in [-0.4, -0.2) is 94.6 Å². The number of ether oxygens (including phenoxy) is 1. The summed E-state index contributed by atoms with van der Waals surface area (Å²) in [4.78, 5) is 43.1. The van der Waals surface area contributed by atoms with Crippen LogP contribution in [0.3, 0.4) is 0 Å². The molecule has 1 atom stereocenters. The SMILES string of the molecule is [C-]#[N+]C[C@H]1CN(c2nc(NCCC(=O)N(C)C)nc3c2CC=C(c2c(C)ccc4[nH]ncc24)O3)CCN1C(=O)C=C. The number of hydrogen-bond donors (Lipinski definition) is 2. The van der Waals surface area contributed by atoms with Crippen molar-refractivity contribution < 1.29 is 14.3 Å². The number of benzene rings is 1. The maximum Gasteiger partial charge on any atom is 0.246 e. The lowest BCUT2D eigenvalue weighted by Crippen LogP contribution is -2.56. The van der Waals surface area contributed by atoms with Crippen molar-refractivity contribution in [1.82, 2.24) is 30.0 Å². The Kier molecular flexibility index (Phi) is 7.87. The van der Waals surface area contributed by atoms with E-state index in [1.165, 1.54) is 6.08 Å². The number of rotatable bonds is 8. The van der Waals surface area contributed by atoms with Gasteiger partial charge >= 0.3 is 0 Å². The highest BCUT2D eigenvalue weighted by Crippen LogP contribution is 2.38. The van der Waals surface area contributed by atoms with Gasteiger partial charge in [0.2, 0.25) is 30.2 Å². The van der Waals surface area contributed by atoms with Crippen LogP contribution in [0.25, 0.3) is 21.5 Å². The Morgan fingerprint density at radius 2 is 2.15 bits per heavy atom. The summed E-state index contributed by atoms with van der Waals surface area (Å²) in [7, 11) is 3.44. The molecule has 3 aromatic rings. The minimum atomic E-state index is -0.302. The van der Waals surface area contributed by atoms with E-state index in [4.69, 9.17) is 21.3 Å². The number of fused-ring (bicyclic) bond motifs is 2. The number of hydrogen-bond acceptors (Lipinski definition) is 8. The number of nitrogens with one attached hydrogen (secondary N) is 2. The fourth-order valence-corrected chi connectivity index (χ4v) is 5.22. The number of nitrogens with zero attached hydrogens (tertiary/aromatic N) is 7. The van der Waals surface area contributed by atoms with Gasteiger partial charge in [0.25, 0.3) is 0 Å². The van der Waals surface area contributed by atoms with Crippen LogP contribution < -0.4 is 15.0 Å². The number of anilines is 2. The second-order valence-electron chi connectivity index (χ2n) is 10.3. The highest BCUT2D eigenvalue weighted by atomic mass is 16.5. The molecule has 0 saturated carbocycles. The number of aryl methyl sites for hydroxylation is 1. The molecule has 2 aliphatic heterocycles. The van der Waals surface area contributed by atoms with E-state index in [1.807, 2.05) is 25.1 Å². The van der Waals surface area contributed by atoms with Gasteiger partial charge in [-0.05, 0) is 30.7 Å². The van der Waals surface area contributed by atoms with Crippen LogP contribution in [0.4, 0.5) is 11.8 Å². The van der Waals surface area contributed by atoms with Crippen molar-refractivity contribution in [1.29, 1.82) is 0 Å². The fraction of sp³-hybridized carbons (Fsp3) is 0.379. The highest BCUT2D eigenvalue weighted by Gasteiger charge is 2.34. The van der Waals surface area contributed by atoms with Gasteiger partial charge in [0.05, 0.1) is 17.3 Å². The monoisotopic (exact) mass is 555 g/mol. The molecule has 2 aliphatic rings. The van der Waals surface area contributed by atoms with E-state index in [9.17, 15) is 9.59 Å². The first-order chi connectivity index (χ1) is 19.8. The lowest BCUT2D eigenvalue weighted by molar-refractivity contribution is -0.129. The molecule has 5 rings (SSSR count). The fourth-order valence-electron chi connectivity index (χ4n) is 5.22. The molecule has 0 radical (unpaired) electrons. The highest BCUT2D eigenvalue weighted by molar-refractivity contribution is 5.92. The average Bonchev–Trinajstić information content (AvgIpc) is 3.45. The molecule has 2 amide bonds. The molecule has 1 aromatic carbocycles. The van der Waals surface area contributed by atoms with Gasteiger partial charge in [-0.3, -0.25) is 14.7 Å². The van der Waals surface area contributed by atoms with Gasteiger partial charge in [-0.15, -0.1) is 0 Å². The summed E-state index contributed by atoms with van der Waals surface area (Å²) in [6, 6.07) is 3.71. The Morgan fingerprint density at radius 1 is 1.32 bits per heavy atom. The van der Waals surface area contributed by atoms with Gasteiger partial charge in [-0.2, -0.15) is 15.1 Å². The van der Waals surface area contributed by atoms with Crippen LogP contribution in [-0.2, 0) is 16.0 Å². The smallest absolute Gasteiger partial charge is 0.246 e. The number of allylic oxidation sites excluding steroid dienone is 1. The molecule has 2 aromatic heterocycles. The zero-order chi connectivity index (χ0) is 29.1. The molecule has 0 bridgehead atoms. The molecular weight excluding hydrogens is 522 g/mol. The first-order valence-corrected chi connectivity index (χ1v) is 13.5. The maximum absolute atomic E-state index is 12.5. The quantitative estimate of drug-likeness (QED) is 0.321. The predicted molar refractivity (Wildman–Crippen MR) is 156 cm³/mol.